The summed E-state index contributed by atoms with van der Waals surface area (Å²) in [6.45, 7) is 4.01. The lowest BCUT2D eigenvalue weighted by Gasteiger charge is -2.32. The Balaban J connectivity index is 2.08. The number of hydrogen-bond acceptors (Lipinski definition) is 4. The number of carbonyl (C=O) groups is 1. The Bertz CT molecular complexity index is 497. The monoisotopic (exact) mass is 300 g/mol. The molecule has 2 rings (SSSR count). The molecule has 1 saturated heterocycles. The summed E-state index contributed by atoms with van der Waals surface area (Å²) in [6, 6.07) is 1.57. The van der Waals surface area contributed by atoms with Crippen LogP contribution in [0.25, 0.3) is 0 Å². The Labute approximate surface area is 121 Å². The number of pyridine rings is 1. The predicted octanol–water partition coefficient (Wildman–Crippen LogP) is 1.97. The van der Waals surface area contributed by atoms with Gasteiger partial charge in [0.1, 0.15) is 11.9 Å². The van der Waals surface area contributed by atoms with Crippen molar-refractivity contribution in [3.05, 3.63) is 24.0 Å². The molecule has 2 heterocycles. The molecule has 1 aromatic heterocycles. The van der Waals surface area contributed by atoms with Crippen LogP contribution in [0.3, 0.4) is 0 Å². The second kappa shape index (κ2) is 6.80. The van der Waals surface area contributed by atoms with Crippen molar-refractivity contribution in [3.63, 3.8) is 0 Å². The van der Waals surface area contributed by atoms with E-state index in [1.807, 2.05) is 13.8 Å². The molecule has 0 spiro atoms. The van der Waals surface area contributed by atoms with Crippen molar-refractivity contribution in [2.24, 2.45) is 0 Å². The van der Waals surface area contributed by atoms with Gasteiger partial charge in [0.25, 0.3) is 12.3 Å². The zero-order chi connectivity index (χ0) is 15.4. The van der Waals surface area contributed by atoms with Crippen LogP contribution in [-0.2, 0) is 4.74 Å². The lowest BCUT2D eigenvalue weighted by atomic mass is 10.2. The maximum atomic E-state index is 12.7. The summed E-state index contributed by atoms with van der Waals surface area (Å²) in [5.41, 5.74) is 0.322. The molecule has 1 atom stereocenters. The van der Waals surface area contributed by atoms with Crippen molar-refractivity contribution in [1.82, 2.24) is 9.88 Å². The largest absolute Gasteiger partial charge is 0.489 e. The van der Waals surface area contributed by atoms with E-state index in [2.05, 4.69) is 4.98 Å². The molecule has 0 bridgehead atoms. The smallest absolute Gasteiger partial charge is 0.266 e. The van der Waals surface area contributed by atoms with Gasteiger partial charge in [-0.3, -0.25) is 9.78 Å². The Morgan fingerprint density at radius 3 is 2.90 bits per heavy atom. The Kier molecular flexibility index (Phi) is 5.06. The number of morpholine rings is 1. The van der Waals surface area contributed by atoms with Gasteiger partial charge in [-0.1, -0.05) is 0 Å². The van der Waals surface area contributed by atoms with Gasteiger partial charge in [0.05, 0.1) is 31.0 Å². The van der Waals surface area contributed by atoms with Crippen LogP contribution in [0.2, 0.25) is 0 Å². The lowest BCUT2D eigenvalue weighted by molar-refractivity contribution is -0.0943. The zero-order valence-corrected chi connectivity index (χ0v) is 12.0. The van der Waals surface area contributed by atoms with Crippen molar-refractivity contribution in [2.45, 2.75) is 32.5 Å². The summed E-state index contributed by atoms with van der Waals surface area (Å²) < 4.78 is 35.8. The van der Waals surface area contributed by atoms with Crippen LogP contribution in [0.1, 0.15) is 24.2 Å². The normalized spacial score (nSPS) is 19.1. The molecule has 0 radical (unpaired) electrons. The summed E-state index contributed by atoms with van der Waals surface area (Å²) in [5.74, 6) is 0.139. The van der Waals surface area contributed by atoms with Gasteiger partial charge in [0.15, 0.2) is 0 Å². The maximum Gasteiger partial charge on any atom is 0.266 e. The van der Waals surface area contributed by atoms with E-state index < -0.39 is 12.5 Å². The third-order valence-corrected chi connectivity index (χ3v) is 2.99. The van der Waals surface area contributed by atoms with Gasteiger partial charge in [-0.15, -0.1) is 0 Å². The molecule has 0 aliphatic carbocycles. The van der Waals surface area contributed by atoms with Crippen LogP contribution in [0.5, 0.6) is 5.75 Å². The number of hydrogen-bond donors (Lipinski definition) is 0. The first-order chi connectivity index (χ1) is 9.97. The van der Waals surface area contributed by atoms with Gasteiger partial charge < -0.3 is 14.4 Å². The molecular weight excluding hydrogens is 282 g/mol. The summed E-state index contributed by atoms with van der Waals surface area (Å²) in [5, 5.41) is 0. The van der Waals surface area contributed by atoms with Crippen molar-refractivity contribution in [3.8, 4) is 5.75 Å². The number of aromatic nitrogens is 1. The molecule has 0 N–H and O–H groups in total. The number of ether oxygens (including phenoxy) is 2. The topological polar surface area (TPSA) is 51.7 Å². The average molecular weight is 300 g/mol. The summed E-state index contributed by atoms with van der Waals surface area (Å²) >= 11 is 0. The van der Waals surface area contributed by atoms with Gasteiger partial charge in [-0.25, -0.2) is 8.78 Å². The van der Waals surface area contributed by atoms with Crippen molar-refractivity contribution < 1.29 is 23.0 Å². The minimum absolute atomic E-state index is 0.0382. The van der Waals surface area contributed by atoms with Crippen LogP contribution in [0, 0.1) is 0 Å². The van der Waals surface area contributed by atoms with E-state index in [0.717, 1.165) is 0 Å². The first kappa shape index (κ1) is 15.6. The van der Waals surface area contributed by atoms with Crippen molar-refractivity contribution in [2.75, 3.05) is 19.7 Å². The molecule has 1 fully saturated rings. The second-order valence-corrected chi connectivity index (χ2v) is 5.07. The second-order valence-electron chi connectivity index (χ2n) is 5.07. The first-order valence-corrected chi connectivity index (χ1v) is 6.78. The first-order valence-electron chi connectivity index (χ1n) is 6.78. The minimum Gasteiger partial charge on any atom is -0.489 e. The predicted molar refractivity (Wildman–Crippen MR) is 71.6 cm³/mol. The number of carbonyl (C=O) groups excluding carboxylic acids is 1. The van der Waals surface area contributed by atoms with Crippen LogP contribution in [0.4, 0.5) is 8.78 Å². The third kappa shape index (κ3) is 4.10. The summed E-state index contributed by atoms with van der Waals surface area (Å²) in [6.07, 6.45) is -0.954. The molecule has 7 heteroatoms. The van der Waals surface area contributed by atoms with Crippen molar-refractivity contribution in [1.29, 1.82) is 0 Å². The van der Waals surface area contributed by atoms with Gasteiger partial charge in [0, 0.05) is 12.7 Å². The van der Waals surface area contributed by atoms with E-state index in [0.29, 0.717) is 11.3 Å². The fourth-order valence-corrected chi connectivity index (χ4v) is 2.07. The molecule has 21 heavy (non-hydrogen) atoms. The van der Waals surface area contributed by atoms with Crippen LogP contribution >= 0.6 is 0 Å². The highest BCUT2D eigenvalue weighted by atomic mass is 19.3. The standard InChI is InChI=1S/C14H18F2N2O3/c1-9(2)21-11-5-10(6-17-7-11)14(19)18-3-4-20-12(8-18)13(15)16/h5-7,9,12-13H,3-4,8H2,1-2H3. The van der Waals surface area contributed by atoms with E-state index in [1.54, 1.807) is 6.07 Å². The summed E-state index contributed by atoms with van der Waals surface area (Å²) in [4.78, 5) is 17.6. The van der Waals surface area contributed by atoms with E-state index in [9.17, 15) is 13.6 Å². The van der Waals surface area contributed by atoms with E-state index in [-0.39, 0.29) is 31.7 Å². The molecule has 5 nitrogen and oxygen atoms in total. The minimum atomic E-state index is -2.60. The zero-order valence-electron chi connectivity index (χ0n) is 12.0. The van der Waals surface area contributed by atoms with E-state index in [1.165, 1.54) is 17.3 Å². The van der Waals surface area contributed by atoms with Gasteiger partial charge in [-0.2, -0.15) is 0 Å². The average Bonchev–Trinajstić information content (AvgIpc) is 2.46. The molecule has 1 aromatic rings. The van der Waals surface area contributed by atoms with Crippen LogP contribution in [0.15, 0.2) is 18.5 Å². The quantitative estimate of drug-likeness (QED) is 0.853. The third-order valence-electron chi connectivity index (χ3n) is 2.99. The molecular formula is C14H18F2N2O3. The van der Waals surface area contributed by atoms with E-state index >= 15 is 0 Å². The molecule has 1 aliphatic rings. The fourth-order valence-electron chi connectivity index (χ4n) is 2.07. The molecule has 0 aromatic carbocycles. The van der Waals surface area contributed by atoms with E-state index in [4.69, 9.17) is 9.47 Å². The SMILES string of the molecule is CC(C)Oc1cncc(C(=O)N2CCOC(C(F)F)C2)c1. The number of amides is 1. The highest BCUT2D eigenvalue weighted by Gasteiger charge is 2.30. The lowest BCUT2D eigenvalue weighted by Crippen LogP contribution is -2.48. The molecule has 1 unspecified atom stereocenters. The Morgan fingerprint density at radius 2 is 2.24 bits per heavy atom. The highest BCUT2D eigenvalue weighted by Crippen LogP contribution is 2.18. The van der Waals surface area contributed by atoms with Crippen LogP contribution < -0.4 is 4.74 Å². The number of alkyl halides is 2. The molecule has 116 valence electrons. The molecule has 1 amide bonds. The number of halogens is 2. The Hall–Kier alpha value is -1.76. The van der Waals surface area contributed by atoms with Crippen molar-refractivity contribution >= 4 is 5.91 Å². The fraction of sp³-hybridized carbons (Fsp3) is 0.571. The summed E-state index contributed by atoms with van der Waals surface area (Å²) in [7, 11) is 0. The van der Waals surface area contributed by atoms with Crippen LogP contribution in [-0.4, -0.2) is 54.1 Å². The molecule has 1 aliphatic heterocycles. The van der Waals surface area contributed by atoms with Gasteiger partial charge >= 0.3 is 0 Å². The van der Waals surface area contributed by atoms with Gasteiger partial charge in [-0.05, 0) is 19.9 Å². The number of nitrogens with zero attached hydrogens (tertiary/aromatic N) is 2. The maximum absolute atomic E-state index is 12.7. The number of rotatable bonds is 4. The highest BCUT2D eigenvalue weighted by molar-refractivity contribution is 5.94. The Morgan fingerprint density at radius 1 is 1.48 bits per heavy atom. The molecule has 0 saturated carbocycles. The van der Waals surface area contributed by atoms with Gasteiger partial charge in [0.2, 0.25) is 0 Å².